The number of rotatable bonds is 4. The van der Waals surface area contributed by atoms with Gasteiger partial charge >= 0.3 is 11.9 Å². The summed E-state index contributed by atoms with van der Waals surface area (Å²) in [6.07, 6.45) is 7.19. The van der Waals surface area contributed by atoms with Gasteiger partial charge in [0.1, 0.15) is 11.5 Å². The van der Waals surface area contributed by atoms with E-state index in [4.69, 9.17) is 9.47 Å². The number of carbonyl (C=O) groups is 2. The van der Waals surface area contributed by atoms with E-state index in [0.717, 1.165) is 17.9 Å². The Kier molecular flexibility index (Phi) is 6.12. The lowest BCUT2D eigenvalue weighted by molar-refractivity contribution is -0.133. The first kappa shape index (κ1) is 21.9. The summed E-state index contributed by atoms with van der Waals surface area (Å²) in [5.74, 6) is 2.35. The fourth-order valence-corrected chi connectivity index (χ4v) is 6.22. The Balaban J connectivity index is 2.00. The predicted molar refractivity (Wildman–Crippen MR) is 114 cm³/mol. The highest BCUT2D eigenvalue weighted by Gasteiger charge is 2.55. The van der Waals surface area contributed by atoms with Crippen molar-refractivity contribution in [3.05, 3.63) is 23.8 Å². The summed E-state index contributed by atoms with van der Waals surface area (Å²) >= 11 is 0. The van der Waals surface area contributed by atoms with Gasteiger partial charge in [-0.2, -0.15) is 0 Å². The van der Waals surface area contributed by atoms with Gasteiger partial charge in [-0.05, 0) is 78.0 Å². The molecule has 0 unspecified atom stereocenters. The van der Waals surface area contributed by atoms with Crippen LogP contribution in [0.5, 0.6) is 11.5 Å². The average Bonchev–Trinajstić information content (AvgIpc) is 2.62. The van der Waals surface area contributed by atoms with Gasteiger partial charge in [-0.1, -0.05) is 40.5 Å². The van der Waals surface area contributed by atoms with Crippen molar-refractivity contribution in [2.45, 2.75) is 80.1 Å². The smallest absolute Gasteiger partial charge is 0.308 e. The predicted octanol–water partition coefficient (Wildman–Crippen LogP) is 5.96. The molecule has 0 saturated heterocycles. The van der Waals surface area contributed by atoms with Crippen LogP contribution in [-0.4, -0.2) is 11.9 Å². The second kappa shape index (κ2) is 8.12. The average molecular weight is 401 g/mol. The summed E-state index contributed by atoms with van der Waals surface area (Å²) in [6.45, 7) is 12.5. The molecule has 4 heteroatoms. The normalized spacial score (nSPS) is 34.2. The Morgan fingerprint density at radius 1 is 1.00 bits per heavy atom. The molecular formula is C25H36O4. The van der Waals surface area contributed by atoms with Gasteiger partial charge in [0.25, 0.3) is 0 Å². The first-order chi connectivity index (χ1) is 13.6. The molecule has 0 bridgehead atoms. The highest BCUT2D eigenvalue weighted by atomic mass is 16.5. The lowest BCUT2D eigenvalue weighted by Gasteiger charge is -2.60. The van der Waals surface area contributed by atoms with Crippen LogP contribution in [0.3, 0.4) is 0 Å². The third-order valence-corrected chi connectivity index (χ3v) is 8.21. The zero-order valence-corrected chi connectivity index (χ0v) is 18.8. The molecule has 3 rings (SSSR count). The van der Waals surface area contributed by atoms with E-state index in [1.807, 2.05) is 6.07 Å². The third kappa shape index (κ3) is 4.22. The Hall–Kier alpha value is -1.84. The fourth-order valence-electron chi connectivity index (χ4n) is 6.22. The molecule has 0 amide bonds. The molecule has 2 saturated carbocycles. The van der Waals surface area contributed by atoms with Crippen molar-refractivity contribution in [2.75, 3.05) is 0 Å². The molecule has 0 radical (unpaired) electrons. The van der Waals surface area contributed by atoms with Crippen molar-refractivity contribution >= 4 is 11.9 Å². The highest BCUT2D eigenvalue weighted by molar-refractivity contribution is 5.71. The summed E-state index contributed by atoms with van der Waals surface area (Å²) in [5, 5.41) is 0. The SMILES string of the molecule is CC(=O)Oc1ccc(OC(C)=O)c(C[C@@]2(C)[C@@H]3CCC[C@@H](C)[C@@]3(C)CC[C@H]2C)c1. The van der Waals surface area contributed by atoms with E-state index in [1.165, 1.54) is 46.0 Å². The first-order valence-corrected chi connectivity index (χ1v) is 11.1. The maximum absolute atomic E-state index is 11.7. The van der Waals surface area contributed by atoms with Crippen molar-refractivity contribution in [3.8, 4) is 11.5 Å². The highest BCUT2D eigenvalue weighted by Crippen LogP contribution is 2.62. The van der Waals surface area contributed by atoms with Gasteiger partial charge in [0, 0.05) is 13.8 Å². The quantitative estimate of drug-likeness (QED) is 0.462. The fraction of sp³-hybridized carbons (Fsp3) is 0.680. The zero-order chi connectivity index (χ0) is 21.4. The molecular weight excluding hydrogens is 364 g/mol. The van der Waals surface area contributed by atoms with Crippen LogP contribution < -0.4 is 9.47 Å². The topological polar surface area (TPSA) is 52.6 Å². The number of hydrogen-bond acceptors (Lipinski definition) is 4. The summed E-state index contributed by atoms with van der Waals surface area (Å²) in [4.78, 5) is 23.1. The van der Waals surface area contributed by atoms with Gasteiger partial charge in [-0.25, -0.2) is 0 Å². The van der Waals surface area contributed by atoms with Crippen LogP contribution in [0.15, 0.2) is 18.2 Å². The van der Waals surface area contributed by atoms with Gasteiger partial charge in [0.2, 0.25) is 0 Å². The van der Waals surface area contributed by atoms with Crippen molar-refractivity contribution < 1.29 is 19.1 Å². The van der Waals surface area contributed by atoms with E-state index in [0.29, 0.717) is 28.7 Å². The van der Waals surface area contributed by atoms with Gasteiger partial charge < -0.3 is 9.47 Å². The van der Waals surface area contributed by atoms with Crippen LogP contribution in [0.2, 0.25) is 0 Å². The lowest BCUT2D eigenvalue weighted by Crippen LogP contribution is -2.53. The molecule has 2 aliphatic rings. The van der Waals surface area contributed by atoms with E-state index in [2.05, 4.69) is 27.7 Å². The van der Waals surface area contributed by atoms with E-state index in [-0.39, 0.29) is 17.4 Å². The summed E-state index contributed by atoms with van der Waals surface area (Å²) in [6, 6.07) is 5.34. The van der Waals surface area contributed by atoms with E-state index in [9.17, 15) is 9.59 Å². The van der Waals surface area contributed by atoms with E-state index >= 15 is 0 Å². The third-order valence-electron chi connectivity index (χ3n) is 8.21. The molecule has 0 N–H and O–H groups in total. The summed E-state index contributed by atoms with van der Waals surface area (Å²) < 4.78 is 10.9. The largest absolute Gasteiger partial charge is 0.427 e. The molecule has 160 valence electrons. The van der Waals surface area contributed by atoms with Crippen LogP contribution in [-0.2, 0) is 16.0 Å². The minimum absolute atomic E-state index is 0.103. The molecule has 4 nitrogen and oxygen atoms in total. The standard InChI is InChI=1S/C25H36O4/c1-16-8-7-9-23-24(16,5)13-12-17(2)25(23,6)15-20-14-21(28-18(3)26)10-11-22(20)29-19(4)27/h10-11,14,16-17,23H,7-9,12-13,15H2,1-6H3/t16-,17-,23-,24-,25-/m1/s1. The molecule has 5 atom stereocenters. The first-order valence-electron chi connectivity index (χ1n) is 11.1. The summed E-state index contributed by atoms with van der Waals surface area (Å²) in [5.41, 5.74) is 1.41. The number of hydrogen-bond donors (Lipinski definition) is 0. The van der Waals surface area contributed by atoms with E-state index < -0.39 is 0 Å². The molecule has 2 aliphatic carbocycles. The minimum atomic E-state index is -0.345. The van der Waals surface area contributed by atoms with Gasteiger partial charge in [0.15, 0.2) is 0 Å². The Morgan fingerprint density at radius 3 is 2.34 bits per heavy atom. The lowest BCUT2D eigenvalue weighted by atomic mass is 9.45. The summed E-state index contributed by atoms with van der Waals surface area (Å²) in [7, 11) is 0. The maximum Gasteiger partial charge on any atom is 0.308 e. The molecule has 2 fully saturated rings. The van der Waals surface area contributed by atoms with E-state index in [1.54, 1.807) is 12.1 Å². The Bertz CT molecular complexity index is 785. The molecule has 29 heavy (non-hydrogen) atoms. The van der Waals surface area contributed by atoms with Crippen LogP contribution in [0.1, 0.15) is 79.2 Å². The van der Waals surface area contributed by atoms with Gasteiger partial charge in [-0.15, -0.1) is 0 Å². The van der Waals surface area contributed by atoms with Gasteiger partial charge in [-0.3, -0.25) is 9.59 Å². The van der Waals surface area contributed by atoms with Crippen LogP contribution >= 0.6 is 0 Å². The molecule has 0 heterocycles. The molecule has 0 spiro atoms. The maximum atomic E-state index is 11.7. The molecule has 0 aromatic heterocycles. The Morgan fingerprint density at radius 2 is 1.69 bits per heavy atom. The molecule has 1 aromatic carbocycles. The Labute approximate surface area is 175 Å². The molecule has 1 aromatic rings. The second-order valence-electron chi connectivity index (χ2n) is 9.97. The van der Waals surface area contributed by atoms with Crippen molar-refractivity contribution in [1.82, 2.24) is 0 Å². The second-order valence-corrected chi connectivity index (χ2v) is 9.97. The van der Waals surface area contributed by atoms with Crippen LogP contribution in [0, 0.1) is 28.6 Å². The van der Waals surface area contributed by atoms with Crippen molar-refractivity contribution in [1.29, 1.82) is 0 Å². The van der Waals surface area contributed by atoms with Crippen molar-refractivity contribution in [2.24, 2.45) is 28.6 Å². The number of esters is 2. The van der Waals surface area contributed by atoms with Crippen molar-refractivity contribution in [3.63, 3.8) is 0 Å². The number of fused-ring (bicyclic) bond motifs is 1. The number of carbonyl (C=O) groups excluding carboxylic acids is 2. The van der Waals surface area contributed by atoms with Crippen LogP contribution in [0.4, 0.5) is 0 Å². The zero-order valence-electron chi connectivity index (χ0n) is 18.8. The molecule has 0 aliphatic heterocycles. The van der Waals surface area contributed by atoms with Crippen LogP contribution in [0.25, 0.3) is 0 Å². The van der Waals surface area contributed by atoms with Gasteiger partial charge in [0.05, 0.1) is 0 Å². The number of benzene rings is 1. The number of ether oxygens (including phenoxy) is 2. The monoisotopic (exact) mass is 400 g/mol. The minimum Gasteiger partial charge on any atom is -0.427 e.